The van der Waals surface area contributed by atoms with E-state index in [0.717, 1.165) is 0 Å². The average Bonchev–Trinajstić information content (AvgIpc) is 2.60. The summed E-state index contributed by atoms with van der Waals surface area (Å²) >= 11 is 0.484. The molecule has 0 spiro atoms. The van der Waals surface area contributed by atoms with Gasteiger partial charge >= 0.3 is 12.1 Å². The van der Waals surface area contributed by atoms with Crippen molar-refractivity contribution in [3.05, 3.63) is 5.82 Å². The molecule has 0 bridgehead atoms. The van der Waals surface area contributed by atoms with E-state index in [2.05, 4.69) is 14.7 Å². The number of carbonyl (C=O) groups is 1. The number of carboxylic acid groups (broad SMARTS) is 1. The first-order valence-corrected chi connectivity index (χ1v) is 5.39. The van der Waals surface area contributed by atoms with Crippen molar-refractivity contribution in [3.8, 4) is 0 Å². The summed E-state index contributed by atoms with van der Waals surface area (Å²) in [6, 6.07) is -0.996. The molecule has 1 aromatic heterocycles. The van der Waals surface area contributed by atoms with Gasteiger partial charge in [-0.25, -0.2) is 4.79 Å². The first kappa shape index (κ1) is 13.7. The SMILES string of the molecule is CC(C)[C@@H](Nc1nc(C(F)(F)F)ns1)C(=O)O. The third-order valence-electron chi connectivity index (χ3n) is 1.89. The van der Waals surface area contributed by atoms with Crippen LogP contribution in [0.25, 0.3) is 0 Å². The number of aromatic nitrogens is 2. The van der Waals surface area contributed by atoms with Gasteiger partial charge in [0.05, 0.1) is 0 Å². The fraction of sp³-hybridized carbons (Fsp3) is 0.625. The molecule has 0 amide bonds. The summed E-state index contributed by atoms with van der Waals surface area (Å²) in [4.78, 5) is 14.0. The molecule has 0 aliphatic heterocycles. The van der Waals surface area contributed by atoms with Crippen molar-refractivity contribution in [1.82, 2.24) is 9.36 Å². The second kappa shape index (κ2) is 4.86. The van der Waals surface area contributed by atoms with Crippen molar-refractivity contribution in [3.63, 3.8) is 0 Å². The van der Waals surface area contributed by atoms with Crippen LogP contribution in [-0.2, 0) is 11.0 Å². The van der Waals surface area contributed by atoms with Gasteiger partial charge in [-0.2, -0.15) is 22.5 Å². The topological polar surface area (TPSA) is 75.1 Å². The van der Waals surface area contributed by atoms with Crippen molar-refractivity contribution in [2.45, 2.75) is 26.1 Å². The monoisotopic (exact) mass is 269 g/mol. The molecule has 0 aromatic carbocycles. The summed E-state index contributed by atoms with van der Waals surface area (Å²) in [6.45, 7) is 3.27. The van der Waals surface area contributed by atoms with Gasteiger partial charge in [0, 0.05) is 11.5 Å². The Bertz CT molecular complexity index is 405. The quantitative estimate of drug-likeness (QED) is 0.875. The zero-order valence-corrected chi connectivity index (χ0v) is 9.76. The highest BCUT2D eigenvalue weighted by Crippen LogP contribution is 2.29. The Morgan fingerprint density at radius 1 is 1.47 bits per heavy atom. The Labute approximate surface area is 98.8 Å². The van der Waals surface area contributed by atoms with Gasteiger partial charge in [-0.3, -0.25) is 0 Å². The lowest BCUT2D eigenvalue weighted by atomic mass is 10.1. The third-order valence-corrected chi connectivity index (χ3v) is 2.54. The molecule has 1 aromatic rings. The van der Waals surface area contributed by atoms with Crippen LogP contribution in [0, 0.1) is 5.92 Å². The number of aliphatic carboxylic acids is 1. The molecule has 0 unspecified atom stereocenters. The zero-order valence-electron chi connectivity index (χ0n) is 8.95. The van der Waals surface area contributed by atoms with Crippen LogP contribution in [0.3, 0.4) is 0 Å². The molecule has 0 radical (unpaired) electrons. The van der Waals surface area contributed by atoms with Gasteiger partial charge in [-0.15, -0.1) is 0 Å². The molecule has 96 valence electrons. The first-order chi connectivity index (χ1) is 7.71. The van der Waals surface area contributed by atoms with Crippen molar-refractivity contribution >= 4 is 22.6 Å². The Balaban J connectivity index is 2.81. The van der Waals surface area contributed by atoms with Gasteiger partial charge in [-0.1, -0.05) is 13.8 Å². The van der Waals surface area contributed by atoms with Crippen LogP contribution in [0.15, 0.2) is 0 Å². The zero-order chi connectivity index (χ0) is 13.2. The number of nitrogens with one attached hydrogen (secondary N) is 1. The molecule has 2 N–H and O–H groups in total. The second-order valence-electron chi connectivity index (χ2n) is 3.63. The summed E-state index contributed by atoms with van der Waals surface area (Å²) in [7, 11) is 0. The fourth-order valence-corrected chi connectivity index (χ4v) is 1.67. The molecule has 1 heterocycles. The maximum atomic E-state index is 12.2. The molecular weight excluding hydrogens is 259 g/mol. The molecule has 1 rings (SSSR count). The van der Waals surface area contributed by atoms with Crippen LogP contribution >= 0.6 is 11.5 Å². The number of nitrogens with zero attached hydrogens (tertiary/aromatic N) is 2. The van der Waals surface area contributed by atoms with Gasteiger partial charge in [-0.05, 0) is 5.92 Å². The van der Waals surface area contributed by atoms with E-state index in [1.54, 1.807) is 13.8 Å². The summed E-state index contributed by atoms with van der Waals surface area (Å²) < 4.78 is 39.7. The van der Waals surface area contributed by atoms with E-state index in [9.17, 15) is 18.0 Å². The molecule has 0 aliphatic carbocycles. The predicted octanol–water partition coefficient (Wildman–Crippen LogP) is 2.08. The van der Waals surface area contributed by atoms with Crippen LogP contribution in [0.5, 0.6) is 0 Å². The highest BCUT2D eigenvalue weighted by Gasteiger charge is 2.36. The van der Waals surface area contributed by atoms with E-state index in [0.29, 0.717) is 11.5 Å². The van der Waals surface area contributed by atoms with E-state index < -0.39 is 24.0 Å². The van der Waals surface area contributed by atoms with E-state index in [1.807, 2.05) is 0 Å². The Kier molecular flexibility index (Phi) is 3.91. The molecule has 0 aliphatic rings. The summed E-state index contributed by atoms with van der Waals surface area (Å²) in [6.07, 6.45) is -4.62. The molecule has 17 heavy (non-hydrogen) atoms. The van der Waals surface area contributed by atoms with Crippen LogP contribution in [0.1, 0.15) is 19.7 Å². The highest BCUT2D eigenvalue weighted by atomic mass is 32.1. The van der Waals surface area contributed by atoms with Gasteiger partial charge in [0.15, 0.2) is 0 Å². The lowest BCUT2D eigenvalue weighted by molar-refractivity contribution is -0.144. The number of carboxylic acids is 1. The summed E-state index contributed by atoms with van der Waals surface area (Å²) in [5.74, 6) is -2.70. The highest BCUT2D eigenvalue weighted by molar-refractivity contribution is 7.09. The van der Waals surface area contributed by atoms with Crippen molar-refractivity contribution < 1.29 is 23.1 Å². The molecule has 5 nitrogen and oxygen atoms in total. The molecular formula is C8H10F3N3O2S. The van der Waals surface area contributed by atoms with Crippen molar-refractivity contribution in [2.24, 2.45) is 5.92 Å². The minimum absolute atomic E-state index is 0.154. The van der Waals surface area contributed by atoms with E-state index in [-0.39, 0.29) is 11.0 Å². The number of alkyl halides is 3. The van der Waals surface area contributed by atoms with Crippen LogP contribution in [-0.4, -0.2) is 26.5 Å². The maximum Gasteiger partial charge on any atom is 0.452 e. The van der Waals surface area contributed by atoms with Crippen LogP contribution in [0.2, 0.25) is 0 Å². The number of anilines is 1. The largest absolute Gasteiger partial charge is 0.480 e. The van der Waals surface area contributed by atoms with Gasteiger partial charge in [0.25, 0.3) is 0 Å². The van der Waals surface area contributed by atoms with E-state index in [4.69, 9.17) is 5.11 Å². The van der Waals surface area contributed by atoms with Crippen molar-refractivity contribution in [2.75, 3.05) is 5.32 Å². The molecule has 0 saturated heterocycles. The van der Waals surface area contributed by atoms with E-state index in [1.165, 1.54) is 0 Å². The predicted molar refractivity (Wildman–Crippen MR) is 54.8 cm³/mol. The standard InChI is InChI=1S/C8H10F3N3O2S/c1-3(2)4(5(15)16)12-7-13-6(14-17-7)8(9,10)11/h3-4H,1-2H3,(H,15,16)(H,12,13,14)/t4-/m1/s1. The van der Waals surface area contributed by atoms with Crippen LogP contribution in [0.4, 0.5) is 18.3 Å². The Hall–Kier alpha value is -1.38. The van der Waals surface area contributed by atoms with Gasteiger partial charge in [0.1, 0.15) is 6.04 Å². The van der Waals surface area contributed by atoms with Crippen molar-refractivity contribution in [1.29, 1.82) is 0 Å². The molecule has 9 heteroatoms. The second-order valence-corrected chi connectivity index (χ2v) is 4.38. The Morgan fingerprint density at radius 2 is 2.06 bits per heavy atom. The van der Waals surface area contributed by atoms with Crippen LogP contribution < -0.4 is 5.32 Å². The molecule has 0 fully saturated rings. The smallest absolute Gasteiger partial charge is 0.452 e. The number of hydrogen-bond acceptors (Lipinski definition) is 5. The number of rotatable bonds is 4. The number of hydrogen-bond donors (Lipinski definition) is 2. The lowest BCUT2D eigenvalue weighted by Crippen LogP contribution is -2.34. The normalized spacial score (nSPS) is 13.8. The lowest BCUT2D eigenvalue weighted by Gasteiger charge is -2.16. The van der Waals surface area contributed by atoms with Gasteiger partial charge < -0.3 is 10.4 Å². The maximum absolute atomic E-state index is 12.2. The molecule has 0 saturated carbocycles. The number of halogens is 3. The first-order valence-electron chi connectivity index (χ1n) is 4.62. The van der Waals surface area contributed by atoms with E-state index >= 15 is 0 Å². The minimum Gasteiger partial charge on any atom is -0.480 e. The fourth-order valence-electron chi connectivity index (χ4n) is 1.04. The summed E-state index contributed by atoms with van der Waals surface area (Å²) in [5.41, 5.74) is 0. The minimum atomic E-state index is -4.62. The van der Waals surface area contributed by atoms with Gasteiger partial charge in [0.2, 0.25) is 11.0 Å². The summed E-state index contributed by atoms with van der Waals surface area (Å²) in [5, 5.41) is 11.1. The average molecular weight is 269 g/mol. The Morgan fingerprint density at radius 3 is 2.41 bits per heavy atom. The molecule has 1 atom stereocenters. The third kappa shape index (κ3) is 3.55.